The molecule has 0 saturated carbocycles. The van der Waals surface area contributed by atoms with E-state index in [-0.39, 0.29) is 5.91 Å². The van der Waals surface area contributed by atoms with Crippen LogP contribution in [0.15, 0.2) is 40.8 Å². The number of halogens is 1. The van der Waals surface area contributed by atoms with Crippen molar-refractivity contribution in [2.75, 3.05) is 0 Å². The predicted molar refractivity (Wildman–Crippen MR) is 73.8 cm³/mol. The van der Waals surface area contributed by atoms with E-state index in [1.165, 1.54) is 0 Å². The van der Waals surface area contributed by atoms with Gasteiger partial charge >= 0.3 is 0 Å². The van der Waals surface area contributed by atoms with Crippen LogP contribution in [0.4, 0.5) is 0 Å². The van der Waals surface area contributed by atoms with E-state index in [1.807, 2.05) is 37.3 Å². The van der Waals surface area contributed by atoms with Gasteiger partial charge in [0.2, 0.25) is 0 Å². The van der Waals surface area contributed by atoms with E-state index in [2.05, 4.69) is 27.9 Å². The molecule has 4 heteroatoms. The minimum atomic E-state index is -0.0856. The number of nitrogens with one attached hydrogen (secondary N) is 1. The summed E-state index contributed by atoms with van der Waals surface area (Å²) in [5, 5.41) is 2.82. The third kappa shape index (κ3) is 3.33. The summed E-state index contributed by atoms with van der Waals surface area (Å²) >= 11 is 2.18. The lowest BCUT2D eigenvalue weighted by molar-refractivity contribution is 0.0948. The van der Waals surface area contributed by atoms with Crippen molar-refractivity contribution in [1.29, 1.82) is 0 Å². The van der Waals surface area contributed by atoms with Crippen LogP contribution in [0.1, 0.15) is 21.9 Å². The van der Waals surface area contributed by atoms with Crippen molar-refractivity contribution in [2.45, 2.75) is 13.5 Å². The van der Waals surface area contributed by atoms with Gasteiger partial charge < -0.3 is 9.73 Å². The second-order valence-electron chi connectivity index (χ2n) is 3.71. The van der Waals surface area contributed by atoms with Crippen LogP contribution in [0.25, 0.3) is 0 Å². The molecule has 1 heterocycles. The van der Waals surface area contributed by atoms with E-state index in [0.29, 0.717) is 12.1 Å². The van der Waals surface area contributed by atoms with Gasteiger partial charge in [-0.25, -0.2) is 0 Å². The highest BCUT2D eigenvalue weighted by atomic mass is 127. The number of amides is 1. The zero-order chi connectivity index (χ0) is 12.3. The Balaban J connectivity index is 1.98. The molecule has 0 spiro atoms. The molecule has 0 atom stereocenters. The summed E-state index contributed by atoms with van der Waals surface area (Å²) < 4.78 is 6.42. The second-order valence-corrected chi connectivity index (χ2v) is 4.95. The lowest BCUT2D eigenvalue weighted by Crippen LogP contribution is -2.22. The van der Waals surface area contributed by atoms with Crippen molar-refractivity contribution in [2.24, 2.45) is 0 Å². The normalized spacial score (nSPS) is 10.2. The molecular weight excluding hydrogens is 329 g/mol. The SMILES string of the molecule is Cc1ccc(CNC(=O)c2cccc(I)c2)o1. The number of hydrogen-bond donors (Lipinski definition) is 1. The van der Waals surface area contributed by atoms with E-state index in [1.54, 1.807) is 6.07 Å². The molecule has 2 aromatic rings. The molecule has 0 aliphatic carbocycles. The first kappa shape index (κ1) is 12.2. The van der Waals surface area contributed by atoms with Crippen LogP contribution in [0.5, 0.6) is 0 Å². The first-order chi connectivity index (χ1) is 8.15. The van der Waals surface area contributed by atoms with E-state index in [9.17, 15) is 4.79 Å². The average Bonchev–Trinajstić information content (AvgIpc) is 2.72. The topological polar surface area (TPSA) is 42.2 Å². The highest BCUT2D eigenvalue weighted by Gasteiger charge is 2.06. The number of furan rings is 1. The molecule has 17 heavy (non-hydrogen) atoms. The third-order valence-electron chi connectivity index (χ3n) is 2.31. The van der Waals surface area contributed by atoms with Crippen LogP contribution < -0.4 is 5.32 Å². The van der Waals surface area contributed by atoms with Gasteiger partial charge in [0, 0.05) is 9.13 Å². The van der Waals surface area contributed by atoms with E-state index in [4.69, 9.17) is 4.42 Å². The maximum Gasteiger partial charge on any atom is 0.251 e. The molecule has 1 aromatic heterocycles. The Morgan fingerprint density at radius 2 is 2.18 bits per heavy atom. The molecule has 0 unspecified atom stereocenters. The largest absolute Gasteiger partial charge is 0.465 e. The molecular formula is C13H12INO2. The van der Waals surface area contributed by atoms with Gasteiger partial charge in [0.25, 0.3) is 5.91 Å². The van der Waals surface area contributed by atoms with Crippen molar-refractivity contribution in [1.82, 2.24) is 5.32 Å². The lowest BCUT2D eigenvalue weighted by Gasteiger charge is -2.03. The quantitative estimate of drug-likeness (QED) is 0.872. The van der Waals surface area contributed by atoms with Crippen LogP contribution >= 0.6 is 22.6 Å². The van der Waals surface area contributed by atoms with Crippen molar-refractivity contribution >= 4 is 28.5 Å². The molecule has 0 radical (unpaired) electrons. The molecule has 0 saturated heterocycles. The maximum atomic E-state index is 11.8. The monoisotopic (exact) mass is 341 g/mol. The van der Waals surface area contributed by atoms with Gasteiger partial charge in [0.05, 0.1) is 6.54 Å². The number of hydrogen-bond acceptors (Lipinski definition) is 2. The first-order valence-electron chi connectivity index (χ1n) is 5.24. The predicted octanol–water partition coefficient (Wildman–Crippen LogP) is 3.12. The average molecular weight is 341 g/mol. The fraction of sp³-hybridized carbons (Fsp3) is 0.154. The zero-order valence-electron chi connectivity index (χ0n) is 9.37. The van der Waals surface area contributed by atoms with Crippen LogP contribution in [-0.2, 0) is 6.54 Å². The van der Waals surface area contributed by atoms with Gasteiger partial charge in [-0.1, -0.05) is 6.07 Å². The standard InChI is InChI=1S/C13H12INO2/c1-9-5-6-12(17-9)8-15-13(16)10-3-2-4-11(14)7-10/h2-7H,8H2,1H3,(H,15,16). The van der Waals surface area contributed by atoms with E-state index in [0.717, 1.165) is 15.1 Å². The highest BCUT2D eigenvalue weighted by molar-refractivity contribution is 14.1. The Morgan fingerprint density at radius 1 is 1.35 bits per heavy atom. The number of aryl methyl sites for hydroxylation is 1. The van der Waals surface area contributed by atoms with Crippen LogP contribution in [-0.4, -0.2) is 5.91 Å². The van der Waals surface area contributed by atoms with Gasteiger partial charge in [-0.3, -0.25) is 4.79 Å². The van der Waals surface area contributed by atoms with E-state index >= 15 is 0 Å². The summed E-state index contributed by atoms with van der Waals surface area (Å²) in [4.78, 5) is 11.8. The molecule has 0 fully saturated rings. The molecule has 2 rings (SSSR count). The Labute approximate surface area is 113 Å². The van der Waals surface area contributed by atoms with Crippen LogP contribution in [0.3, 0.4) is 0 Å². The minimum absolute atomic E-state index is 0.0856. The molecule has 1 amide bonds. The van der Waals surface area contributed by atoms with Gasteiger partial charge in [0.15, 0.2) is 0 Å². The van der Waals surface area contributed by atoms with Crippen LogP contribution in [0, 0.1) is 10.5 Å². The lowest BCUT2D eigenvalue weighted by atomic mass is 10.2. The summed E-state index contributed by atoms with van der Waals surface area (Å²) in [6, 6.07) is 11.2. The Hall–Kier alpha value is -1.30. The molecule has 1 aromatic carbocycles. The number of benzene rings is 1. The molecule has 0 aliphatic heterocycles. The first-order valence-corrected chi connectivity index (χ1v) is 6.32. The molecule has 0 aliphatic rings. The van der Waals surface area contributed by atoms with Gasteiger partial charge in [-0.05, 0) is 59.8 Å². The second kappa shape index (κ2) is 5.35. The number of carbonyl (C=O) groups excluding carboxylic acids is 1. The van der Waals surface area contributed by atoms with Crippen molar-refractivity contribution in [3.05, 3.63) is 57.1 Å². The van der Waals surface area contributed by atoms with Gasteiger partial charge in [-0.15, -0.1) is 0 Å². The number of carbonyl (C=O) groups is 1. The highest BCUT2D eigenvalue weighted by Crippen LogP contribution is 2.09. The molecule has 1 N–H and O–H groups in total. The summed E-state index contributed by atoms with van der Waals surface area (Å²) in [7, 11) is 0. The minimum Gasteiger partial charge on any atom is -0.465 e. The summed E-state index contributed by atoms with van der Waals surface area (Å²) in [6.07, 6.45) is 0. The third-order valence-corrected chi connectivity index (χ3v) is 2.98. The van der Waals surface area contributed by atoms with Gasteiger partial charge in [-0.2, -0.15) is 0 Å². The smallest absolute Gasteiger partial charge is 0.251 e. The summed E-state index contributed by atoms with van der Waals surface area (Å²) in [5.74, 6) is 1.53. The molecule has 0 bridgehead atoms. The Kier molecular flexibility index (Phi) is 3.83. The fourth-order valence-corrected chi connectivity index (χ4v) is 2.02. The van der Waals surface area contributed by atoms with Crippen molar-refractivity contribution in [3.8, 4) is 0 Å². The van der Waals surface area contributed by atoms with Gasteiger partial charge in [0.1, 0.15) is 11.5 Å². The zero-order valence-corrected chi connectivity index (χ0v) is 11.5. The fourth-order valence-electron chi connectivity index (χ4n) is 1.48. The Bertz CT molecular complexity index is 534. The molecule has 88 valence electrons. The summed E-state index contributed by atoms with van der Waals surface area (Å²) in [5.41, 5.74) is 0.667. The number of rotatable bonds is 3. The molecule has 3 nitrogen and oxygen atoms in total. The van der Waals surface area contributed by atoms with Crippen molar-refractivity contribution < 1.29 is 9.21 Å². The van der Waals surface area contributed by atoms with Crippen LogP contribution in [0.2, 0.25) is 0 Å². The summed E-state index contributed by atoms with van der Waals surface area (Å²) in [6.45, 7) is 2.29. The Morgan fingerprint density at radius 3 is 2.82 bits per heavy atom. The van der Waals surface area contributed by atoms with E-state index < -0.39 is 0 Å². The van der Waals surface area contributed by atoms with Crippen molar-refractivity contribution in [3.63, 3.8) is 0 Å². The maximum absolute atomic E-state index is 11.8.